The van der Waals surface area contributed by atoms with Crippen molar-refractivity contribution in [2.75, 3.05) is 33.5 Å². The van der Waals surface area contributed by atoms with Gasteiger partial charge in [-0.3, -0.25) is 0 Å². The van der Waals surface area contributed by atoms with Crippen LogP contribution in [0.25, 0.3) is 0 Å². The monoisotopic (exact) mass is 231 g/mol. The Morgan fingerprint density at radius 2 is 1.75 bits per heavy atom. The minimum Gasteiger partial charge on any atom is -0.381 e. The number of nitrogens with one attached hydrogen (secondary N) is 1. The van der Waals surface area contributed by atoms with Gasteiger partial charge in [0.05, 0.1) is 6.04 Å². The summed E-state index contributed by atoms with van der Waals surface area (Å²) < 4.78 is 16.7. The average Bonchev–Trinajstić information content (AvgIpc) is 2.32. The Balaban J connectivity index is 2.52. The summed E-state index contributed by atoms with van der Waals surface area (Å²) in [5.41, 5.74) is 0. The Morgan fingerprint density at radius 1 is 1.19 bits per heavy atom. The lowest BCUT2D eigenvalue weighted by molar-refractivity contribution is -0.166. The summed E-state index contributed by atoms with van der Waals surface area (Å²) in [4.78, 5) is 0. The lowest BCUT2D eigenvalue weighted by atomic mass is 9.91. The highest BCUT2D eigenvalue weighted by molar-refractivity contribution is 4.80. The van der Waals surface area contributed by atoms with Crippen molar-refractivity contribution >= 4 is 0 Å². The lowest BCUT2D eigenvalue weighted by Gasteiger charge is -2.34. The smallest absolute Gasteiger partial charge is 0.172 e. The van der Waals surface area contributed by atoms with Gasteiger partial charge in [0.2, 0.25) is 0 Å². The second-order valence-corrected chi connectivity index (χ2v) is 4.04. The minimum atomic E-state index is -0.136. The number of hydrogen-bond donors (Lipinski definition) is 1. The van der Waals surface area contributed by atoms with Crippen molar-refractivity contribution in [1.82, 2.24) is 5.32 Å². The molecular weight excluding hydrogens is 206 g/mol. The predicted molar refractivity (Wildman–Crippen MR) is 63.4 cm³/mol. The molecule has 0 spiro atoms. The SMILES string of the molecule is CCOC(OCC)C(NC)C1CCOCC1. The van der Waals surface area contributed by atoms with E-state index in [0.717, 1.165) is 26.1 Å². The van der Waals surface area contributed by atoms with E-state index in [1.54, 1.807) is 0 Å². The fourth-order valence-electron chi connectivity index (χ4n) is 2.25. The Labute approximate surface area is 98.6 Å². The quantitative estimate of drug-likeness (QED) is 0.672. The molecule has 0 amide bonds. The summed E-state index contributed by atoms with van der Waals surface area (Å²) in [6, 6.07) is 0.267. The highest BCUT2D eigenvalue weighted by Crippen LogP contribution is 2.22. The van der Waals surface area contributed by atoms with E-state index in [-0.39, 0.29) is 12.3 Å². The van der Waals surface area contributed by atoms with Crippen molar-refractivity contribution in [2.45, 2.75) is 39.0 Å². The van der Waals surface area contributed by atoms with E-state index in [0.29, 0.717) is 19.1 Å². The molecule has 1 aliphatic rings. The van der Waals surface area contributed by atoms with E-state index in [2.05, 4.69) is 5.32 Å². The number of likely N-dealkylation sites (N-methyl/N-ethyl adjacent to an activating group) is 1. The normalized spacial score (nSPS) is 20.2. The van der Waals surface area contributed by atoms with Gasteiger partial charge in [-0.1, -0.05) is 0 Å². The molecule has 96 valence electrons. The summed E-state index contributed by atoms with van der Waals surface area (Å²) in [5, 5.41) is 3.34. The first-order chi connectivity index (χ1) is 7.83. The highest BCUT2D eigenvalue weighted by atomic mass is 16.7. The molecule has 1 fully saturated rings. The Bertz CT molecular complexity index is 166. The first-order valence-corrected chi connectivity index (χ1v) is 6.31. The van der Waals surface area contributed by atoms with Crippen LogP contribution in [0.4, 0.5) is 0 Å². The van der Waals surface area contributed by atoms with E-state index in [9.17, 15) is 0 Å². The number of ether oxygens (including phenoxy) is 3. The van der Waals surface area contributed by atoms with Crippen LogP contribution in [-0.2, 0) is 14.2 Å². The van der Waals surface area contributed by atoms with Gasteiger partial charge in [-0.05, 0) is 39.7 Å². The first-order valence-electron chi connectivity index (χ1n) is 6.31. The maximum atomic E-state index is 5.66. The molecule has 0 radical (unpaired) electrons. The Kier molecular flexibility index (Phi) is 6.96. The molecule has 1 atom stereocenters. The molecule has 1 N–H and O–H groups in total. The van der Waals surface area contributed by atoms with Crippen molar-refractivity contribution in [3.05, 3.63) is 0 Å². The molecule has 0 aliphatic carbocycles. The van der Waals surface area contributed by atoms with Gasteiger partial charge in [-0.2, -0.15) is 0 Å². The van der Waals surface area contributed by atoms with E-state index in [1.165, 1.54) is 0 Å². The third-order valence-electron chi connectivity index (χ3n) is 3.06. The summed E-state index contributed by atoms with van der Waals surface area (Å²) in [6.07, 6.45) is 2.03. The second kappa shape index (κ2) is 8.01. The molecule has 1 aliphatic heterocycles. The lowest BCUT2D eigenvalue weighted by Crippen LogP contribution is -2.48. The molecule has 0 aromatic rings. The summed E-state index contributed by atoms with van der Waals surface area (Å²) >= 11 is 0. The maximum Gasteiger partial charge on any atom is 0.172 e. The van der Waals surface area contributed by atoms with Crippen molar-refractivity contribution in [3.63, 3.8) is 0 Å². The number of rotatable bonds is 7. The van der Waals surface area contributed by atoms with E-state index in [1.807, 2.05) is 20.9 Å². The minimum absolute atomic E-state index is 0.136. The van der Waals surface area contributed by atoms with Crippen LogP contribution in [0, 0.1) is 5.92 Å². The maximum absolute atomic E-state index is 5.66. The van der Waals surface area contributed by atoms with Crippen molar-refractivity contribution in [3.8, 4) is 0 Å². The van der Waals surface area contributed by atoms with Gasteiger partial charge < -0.3 is 19.5 Å². The molecule has 0 saturated carbocycles. The highest BCUT2D eigenvalue weighted by Gasteiger charge is 2.30. The van der Waals surface area contributed by atoms with Crippen LogP contribution in [0.2, 0.25) is 0 Å². The van der Waals surface area contributed by atoms with Crippen LogP contribution in [0.15, 0.2) is 0 Å². The fraction of sp³-hybridized carbons (Fsp3) is 1.00. The average molecular weight is 231 g/mol. The molecule has 16 heavy (non-hydrogen) atoms. The third-order valence-corrected chi connectivity index (χ3v) is 3.06. The largest absolute Gasteiger partial charge is 0.381 e. The predicted octanol–water partition coefficient (Wildman–Crippen LogP) is 1.40. The van der Waals surface area contributed by atoms with Gasteiger partial charge in [-0.25, -0.2) is 0 Å². The van der Waals surface area contributed by atoms with Crippen molar-refractivity contribution in [1.29, 1.82) is 0 Å². The first kappa shape index (κ1) is 13.9. The Morgan fingerprint density at radius 3 is 2.19 bits per heavy atom. The van der Waals surface area contributed by atoms with E-state index in [4.69, 9.17) is 14.2 Å². The molecule has 1 rings (SSSR count). The summed E-state index contributed by atoms with van der Waals surface area (Å²) in [7, 11) is 1.98. The molecular formula is C12H25NO3. The zero-order valence-electron chi connectivity index (χ0n) is 10.7. The summed E-state index contributed by atoms with van der Waals surface area (Å²) in [6.45, 7) is 7.09. The van der Waals surface area contributed by atoms with Crippen LogP contribution in [-0.4, -0.2) is 45.8 Å². The van der Waals surface area contributed by atoms with Gasteiger partial charge in [0.25, 0.3) is 0 Å². The second-order valence-electron chi connectivity index (χ2n) is 4.04. The van der Waals surface area contributed by atoms with Gasteiger partial charge in [-0.15, -0.1) is 0 Å². The topological polar surface area (TPSA) is 39.7 Å². The molecule has 1 unspecified atom stereocenters. The van der Waals surface area contributed by atoms with Crippen LogP contribution in [0.3, 0.4) is 0 Å². The van der Waals surface area contributed by atoms with Gasteiger partial charge >= 0.3 is 0 Å². The van der Waals surface area contributed by atoms with Crippen molar-refractivity contribution < 1.29 is 14.2 Å². The molecule has 4 heteroatoms. The van der Waals surface area contributed by atoms with E-state index < -0.39 is 0 Å². The fourth-order valence-corrected chi connectivity index (χ4v) is 2.25. The van der Waals surface area contributed by atoms with E-state index >= 15 is 0 Å². The molecule has 4 nitrogen and oxygen atoms in total. The van der Waals surface area contributed by atoms with Crippen LogP contribution < -0.4 is 5.32 Å². The molecule has 1 heterocycles. The Hall–Kier alpha value is -0.160. The van der Waals surface area contributed by atoms with Crippen LogP contribution >= 0.6 is 0 Å². The molecule has 0 bridgehead atoms. The zero-order chi connectivity index (χ0) is 11.8. The van der Waals surface area contributed by atoms with Gasteiger partial charge in [0, 0.05) is 26.4 Å². The van der Waals surface area contributed by atoms with Crippen LogP contribution in [0.1, 0.15) is 26.7 Å². The zero-order valence-corrected chi connectivity index (χ0v) is 10.7. The number of hydrogen-bond acceptors (Lipinski definition) is 4. The van der Waals surface area contributed by atoms with Crippen molar-refractivity contribution in [2.24, 2.45) is 5.92 Å². The molecule has 0 aromatic carbocycles. The summed E-state index contributed by atoms with van der Waals surface area (Å²) in [5.74, 6) is 0.585. The third kappa shape index (κ3) is 4.01. The van der Waals surface area contributed by atoms with Gasteiger partial charge in [0.15, 0.2) is 6.29 Å². The standard InChI is InChI=1S/C12H25NO3/c1-4-15-12(16-5-2)11(13-3)10-6-8-14-9-7-10/h10-13H,4-9H2,1-3H3. The van der Waals surface area contributed by atoms with Crippen LogP contribution in [0.5, 0.6) is 0 Å². The van der Waals surface area contributed by atoms with Gasteiger partial charge in [0.1, 0.15) is 0 Å². The molecule has 1 saturated heterocycles. The molecule has 0 aromatic heterocycles.